The van der Waals surface area contributed by atoms with E-state index in [1.165, 1.54) is 0 Å². The second-order valence-corrected chi connectivity index (χ2v) is 8.07. The lowest BCUT2D eigenvalue weighted by molar-refractivity contribution is -0.0515. The van der Waals surface area contributed by atoms with E-state index in [0.717, 1.165) is 12.1 Å². The maximum Gasteiger partial charge on any atom is 0.254 e. The van der Waals surface area contributed by atoms with E-state index in [4.69, 9.17) is 14.2 Å². The first-order valence-electron chi connectivity index (χ1n) is 11.1. The second-order valence-electron chi connectivity index (χ2n) is 8.07. The molecular weight excluding hydrogens is 408 g/mol. The highest BCUT2D eigenvalue weighted by Gasteiger charge is 2.26. The summed E-state index contributed by atoms with van der Waals surface area (Å²) in [7, 11) is 3.23. The van der Waals surface area contributed by atoms with Crippen LogP contribution in [0.1, 0.15) is 15.9 Å². The molecule has 174 valence electrons. The van der Waals surface area contributed by atoms with Crippen LogP contribution in [0.2, 0.25) is 0 Å². The number of aliphatic hydroxyl groups excluding tert-OH is 1. The zero-order valence-electron chi connectivity index (χ0n) is 19.0. The summed E-state index contributed by atoms with van der Waals surface area (Å²) < 4.78 is 16.4. The number of carbonyl (C=O) groups is 1. The predicted molar refractivity (Wildman–Crippen MR) is 123 cm³/mol. The number of methoxy groups -OCH3 is 2. The third kappa shape index (κ3) is 7.31. The van der Waals surface area contributed by atoms with Crippen LogP contribution in [-0.4, -0.2) is 93.2 Å². The number of morpholine rings is 1. The normalized spacial score (nSPS) is 17.7. The van der Waals surface area contributed by atoms with Crippen LogP contribution in [0.25, 0.3) is 0 Å². The first-order valence-corrected chi connectivity index (χ1v) is 11.1. The summed E-state index contributed by atoms with van der Waals surface area (Å²) >= 11 is 0. The Morgan fingerprint density at radius 1 is 1.19 bits per heavy atom. The van der Waals surface area contributed by atoms with Gasteiger partial charge in [-0.1, -0.05) is 30.3 Å². The van der Waals surface area contributed by atoms with E-state index in [1.54, 1.807) is 43.4 Å². The van der Waals surface area contributed by atoms with Crippen molar-refractivity contribution in [2.45, 2.75) is 18.6 Å². The molecule has 0 aliphatic carbocycles. The van der Waals surface area contributed by atoms with E-state index >= 15 is 0 Å². The van der Waals surface area contributed by atoms with Gasteiger partial charge in [0.15, 0.2) is 0 Å². The Morgan fingerprint density at radius 2 is 1.94 bits per heavy atom. The lowest BCUT2D eigenvalue weighted by atomic mass is 10.1. The highest BCUT2D eigenvalue weighted by Crippen LogP contribution is 2.15. The van der Waals surface area contributed by atoms with Crippen LogP contribution < -0.4 is 4.74 Å². The van der Waals surface area contributed by atoms with E-state index in [9.17, 15) is 9.90 Å². The van der Waals surface area contributed by atoms with Crippen molar-refractivity contribution < 1.29 is 24.1 Å². The lowest BCUT2D eigenvalue weighted by Gasteiger charge is -2.36. The molecule has 2 unspecified atom stereocenters. The molecule has 2 aromatic carbocycles. The third-order valence-electron chi connectivity index (χ3n) is 5.62. The molecule has 7 heteroatoms. The number of ether oxygens (including phenoxy) is 3. The van der Waals surface area contributed by atoms with Crippen molar-refractivity contribution in [2.75, 3.05) is 60.2 Å². The molecule has 0 saturated carbocycles. The number of amides is 1. The second kappa shape index (κ2) is 12.6. The molecular formula is C25H34N2O5. The highest BCUT2D eigenvalue weighted by molar-refractivity contribution is 5.94. The lowest BCUT2D eigenvalue weighted by Crippen LogP contribution is -2.51. The van der Waals surface area contributed by atoms with Crippen LogP contribution in [-0.2, 0) is 15.9 Å². The van der Waals surface area contributed by atoms with Crippen LogP contribution >= 0.6 is 0 Å². The Balaban J connectivity index is 1.57. The Kier molecular flexibility index (Phi) is 9.49. The molecule has 3 rings (SSSR count). The number of hydrogen-bond donors (Lipinski definition) is 1. The number of rotatable bonds is 11. The third-order valence-corrected chi connectivity index (χ3v) is 5.62. The zero-order chi connectivity index (χ0) is 22.8. The van der Waals surface area contributed by atoms with E-state index in [1.807, 2.05) is 30.3 Å². The molecule has 2 atom stereocenters. The molecule has 0 aromatic heterocycles. The monoisotopic (exact) mass is 442 g/mol. The van der Waals surface area contributed by atoms with Gasteiger partial charge in [0.1, 0.15) is 5.75 Å². The molecule has 1 aliphatic heterocycles. The molecule has 0 spiro atoms. The van der Waals surface area contributed by atoms with Gasteiger partial charge in [-0.3, -0.25) is 9.69 Å². The van der Waals surface area contributed by atoms with Gasteiger partial charge < -0.3 is 24.2 Å². The molecule has 1 fully saturated rings. The summed E-state index contributed by atoms with van der Waals surface area (Å²) in [5.41, 5.74) is 1.73. The first kappa shape index (κ1) is 24.2. The minimum atomic E-state index is -0.443. The van der Waals surface area contributed by atoms with Gasteiger partial charge >= 0.3 is 0 Å². The molecule has 7 nitrogen and oxygen atoms in total. The first-order chi connectivity index (χ1) is 15.6. The highest BCUT2D eigenvalue weighted by atomic mass is 16.5. The molecule has 1 heterocycles. The van der Waals surface area contributed by atoms with Crippen molar-refractivity contribution in [1.82, 2.24) is 9.80 Å². The van der Waals surface area contributed by atoms with Gasteiger partial charge in [-0.2, -0.15) is 0 Å². The zero-order valence-corrected chi connectivity index (χ0v) is 19.0. The van der Waals surface area contributed by atoms with Gasteiger partial charge in [0.25, 0.3) is 5.91 Å². The van der Waals surface area contributed by atoms with Gasteiger partial charge in [0.2, 0.25) is 0 Å². The maximum absolute atomic E-state index is 13.1. The fraction of sp³-hybridized carbons (Fsp3) is 0.480. The summed E-state index contributed by atoms with van der Waals surface area (Å²) in [4.78, 5) is 17.1. The fourth-order valence-electron chi connectivity index (χ4n) is 3.94. The van der Waals surface area contributed by atoms with Crippen molar-refractivity contribution in [3.63, 3.8) is 0 Å². The van der Waals surface area contributed by atoms with Gasteiger partial charge in [-0.15, -0.1) is 0 Å². The van der Waals surface area contributed by atoms with Crippen LogP contribution in [0, 0.1) is 0 Å². The minimum Gasteiger partial charge on any atom is -0.497 e. The fourth-order valence-corrected chi connectivity index (χ4v) is 3.94. The Labute approximate surface area is 190 Å². The standard InChI is InChI=1S/C25H34N2O5/c1-30-14-13-27(25(29)21-8-10-23(31-2)11-9-21)19-24-18-26(12-15-32-24)17-22(28)16-20-6-4-3-5-7-20/h3-11,22,24,28H,12-19H2,1-2H3. The molecule has 2 aromatic rings. The van der Waals surface area contributed by atoms with Crippen LogP contribution in [0.15, 0.2) is 54.6 Å². The van der Waals surface area contributed by atoms with Crippen molar-refractivity contribution in [2.24, 2.45) is 0 Å². The van der Waals surface area contributed by atoms with E-state index in [0.29, 0.717) is 57.1 Å². The SMILES string of the molecule is COCCN(CC1CN(CC(O)Cc2ccccc2)CCO1)C(=O)c1ccc(OC)cc1. The van der Waals surface area contributed by atoms with E-state index in [-0.39, 0.29) is 12.0 Å². The van der Waals surface area contributed by atoms with Crippen LogP contribution in [0.5, 0.6) is 5.75 Å². The van der Waals surface area contributed by atoms with Crippen molar-refractivity contribution >= 4 is 5.91 Å². The largest absolute Gasteiger partial charge is 0.497 e. The Hall–Kier alpha value is -2.45. The van der Waals surface area contributed by atoms with Gasteiger partial charge in [0.05, 0.1) is 32.5 Å². The summed E-state index contributed by atoms with van der Waals surface area (Å²) in [5.74, 6) is 0.653. The smallest absolute Gasteiger partial charge is 0.254 e. The molecule has 0 bridgehead atoms. The van der Waals surface area contributed by atoms with E-state index < -0.39 is 6.10 Å². The molecule has 32 heavy (non-hydrogen) atoms. The average molecular weight is 443 g/mol. The maximum atomic E-state index is 13.1. The average Bonchev–Trinajstić information content (AvgIpc) is 2.82. The van der Waals surface area contributed by atoms with E-state index in [2.05, 4.69) is 4.90 Å². The quantitative estimate of drug-likeness (QED) is 0.575. The molecule has 1 N–H and O–H groups in total. The van der Waals surface area contributed by atoms with Crippen LogP contribution in [0.4, 0.5) is 0 Å². The number of hydrogen-bond acceptors (Lipinski definition) is 6. The van der Waals surface area contributed by atoms with Gasteiger partial charge in [-0.05, 0) is 36.2 Å². The summed E-state index contributed by atoms with van der Waals surface area (Å²) in [6.07, 6.45) is 0.0621. The number of aliphatic hydroxyl groups is 1. The summed E-state index contributed by atoms with van der Waals surface area (Å²) in [6, 6.07) is 17.1. The summed E-state index contributed by atoms with van der Waals surface area (Å²) in [6.45, 7) is 4.01. The predicted octanol–water partition coefficient (Wildman–Crippen LogP) is 2.09. The van der Waals surface area contributed by atoms with Gasteiger partial charge in [0, 0.05) is 45.4 Å². The number of nitrogens with zero attached hydrogens (tertiary/aromatic N) is 2. The molecule has 0 radical (unpaired) electrons. The Morgan fingerprint density at radius 3 is 2.62 bits per heavy atom. The minimum absolute atomic E-state index is 0.0606. The van der Waals surface area contributed by atoms with Gasteiger partial charge in [-0.25, -0.2) is 0 Å². The number of benzene rings is 2. The topological polar surface area (TPSA) is 71.5 Å². The number of carbonyl (C=O) groups excluding carboxylic acids is 1. The summed E-state index contributed by atoms with van der Waals surface area (Å²) in [5, 5.41) is 10.5. The van der Waals surface area contributed by atoms with Crippen LogP contribution in [0.3, 0.4) is 0 Å². The van der Waals surface area contributed by atoms with Crippen molar-refractivity contribution in [3.05, 3.63) is 65.7 Å². The molecule has 1 saturated heterocycles. The molecule has 1 aliphatic rings. The Bertz CT molecular complexity index is 815. The molecule has 1 amide bonds. The number of β-amino-alcohol motifs (C(OH)–C–C–N with tert-alkyl or cyclic N) is 1. The van der Waals surface area contributed by atoms with Crippen molar-refractivity contribution in [1.29, 1.82) is 0 Å². The van der Waals surface area contributed by atoms with Crippen molar-refractivity contribution in [3.8, 4) is 5.75 Å².